The van der Waals surface area contributed by atoms with Gasteiger partial charge >= 0.3 is 0 Å². The summed E-state index contributed by atoms with van der Waals surface area (Å²) < 4.78 is 7.62. The highest BCUT2D eigenvalue weighted by Gasteiger charge is 2.32. The number of hydrogen-bond acceptors (Lipinski definition) is 7. The Bertz CT molecular complexity index is 1180. The number of hydrogen-bond donors (Lipinski definition) is 2. The lowest BCUT2D eigenvalue weighted by atomic mass is 9.78. The number of nitrogens with zero attached hydrogens (tertiary/aromatic N) is 4. The zero-order valence-corrected chi connectivity index (χ0v) is 23.5. The number of ether oxygens (including phenoxy) is 1. The van der Waals surface area contributed by atoms with Crippen molar-refractivity contribution in [2.24, 2.45) is 17.8 Å². The fraction of sp³-hybridized carbons (Fsp3) is 0.552. The summed E-state index contributed by atoms with van der Waals surface area (Å²) in [6, 6.07) is 12.5. The fourth-order valence-corrected chi connectivity index (χ4v) is 6.54. The number of carbonyl (C=O) groups excluding carboxylic acids is 1. The normalized spacial score (nSPS) is 22.3. The van der Waals surface area contributed by atoms with Crippen LogP contribution in [0.3, 0.4) is 0 Å². The Morgan fingerprint density at radius 2 is 1.82 bits per heavy atom. The van der Waals surface area contributed by atoms with Crippen molar-refractivity contribution in [3.63, 3.8) is 0 Å². The quantitative estimate of drug-likeness (QED) is 0.376. The van der Waals surface area contributed by atoms with Crippen molar-refractivity contribution < 1.29 is 9.53 Å². The molecule has 8 nitrogen and oxygen atoms in total. The van der Waals surface area contributed by atoms with Crippen LogP contribution in [-0.4, -0.2) is 46.4 Å². The summed E-state index contributed by atoms with van der Waals surface area (Å²) in [6.07, 6.45) is 7.36. The Morgan fingerprint density at radius 3 is 2.58 bits per heavy atom. The molecule has 0 bridgehead atoms. The molecular weight excluding hydrogens is 496 g/mol. The van der Waals surface area contributed by atoms with Crippen molar-refractivity contribution >= 4 is 28.1 Å². The van der Waals surface area contributed by atoms with Crippen LogP contribution in [-0.2, 0) is 11.3 Å². The molecule has 1 aromatic carbocycles. The van der Waals surface area contributed by atoms with E-state index in [-0.39, 0.29) is 11.8 Å². The lowest BCUT2D eigenvalue weighted by Gasteiger charge is -2.36. The van der Waals surface area contributed by atoms with E-state index in [1.807, 2.05) is 43.5 Å². The molecule has 1 saturated heterocycles. The van der Waals surface area contributed by atoms with E-state index in [1.54, 1.807) is 11.3 Å². The van der Waals surface area contributed by atoms with Crippen LogP contribution in [0.4, 0.5) is 10.8 Å². The third-order valence-corrected chi connectivity index (χ3v) is 9.24. The molecule has 0 radical (unpaired) electrons. The van der Waals surface area contributed by atoms with E-state index in [1.165, 1.54) is 12.8 Å². The summed E-state index contributed by atoms with van der Waals surface area (Å²) in [4.78, 5) is 15.3. The minimum Gasteiger partial charge on any atom is -0.494 e. The summed E-state index contributed by atoms with van der Waals surface area (Å²) in [5.41, 5.74) is 2.15. The van der Waals surface area contributed by atoms with E-state index in [4.69, 9.17) is 4.74 Å². The molecule has 204 valence electrons. The largest absolute Gasteiger partial charge is 0.494 e. The first-order chi connectivity index (χ1) is 18.5. The van der Waals surface area contributed by atoms with Crippen LogP contribution in [0.15, 0.2) is 42.6 Å². The van der Waals surface area contributed by atoms with Crippen molar-refractivity contribution in [3.05, 3.63) is 48.3 Å². The second-order valence-electron chi connectivity index (χ2n) is 10.7. The molecule has 2 aliphatic rings. The molecule has 0 spiro atoms. The van der Waals surface area contributed by atoms with Gasteiger partial charge in [0.2, 0.25) is 16.2 Å². The smallest absolute Gasteiger partial charge is 0.223 e. The summed E-state index contributed by atoms with van der Waals surface area (Å²) in [5.74, 6) is 2.45. The number of piperidine rings is 1. The van der Waals surface area contributed by atoms with Gasteiger partial charge in [0, 0.05) is 42.6 Å². The highest BCUT2D eigenvalue weighted by atomic mass is 32.1. The van der Waals surface area contributed by atoms with E-state index < -0.39 is 0 Å². The lowest BCUT2D eigenvalue weighted by molar-refractivity contribution is -0.127. The van der Waals surface area contributed by atoms with Gasteiger partial charge in [0.25, 0.3) is 0 Å². The topological polar surface area (TPSA) is 84.3 Å². The van der Waals surface area contributed by atoms with Crippen molar-refractivity contribution in [1.82, 2.24) is 20.1 Å². The monoisotopic (exact) mass is 536 g/mol. The molecule has 3 aromatic rings. The van der Waals surface area contributed by atoms with Gasteiger partial charge in [-0.1, -0.05) is 38.0 Å². The Hall–Kier alpha value is -3.07. The molecule has 3 atom stereocenters. The maximum absolute atomic E-state index is 13.0. The molecule has 2 fully saturated rings. The molecule has 9 heteroatoms. The summed E-state index contributed by atoms with van der Waals surface area (Å²) in [5, 5.41) is 17.6. The molecule has 2 N–H and O–H groups in total. The van der Waals surface area contributed by atoms with Crippen LogP contribution in [0.1, 0.15) is 58.6 Å². The van der Waals surface area contributed by atoms with Crippen LogP contribution >= 0.6 is 11.3 Å². The average molecular weight is 537 g/mol. The molecule has 2 aromatic heterocycles. The molecule has 1 saturated carbocycles. The van der Waals surface area contributed by atoms with Crippen LogP contribution in [0.5, 0.6) is 5.75 Å². The zero-order chi connectivity index (χ0) is 26.5. The standard InChI is InChI=1S/C29H40N6O2S/c1-4-37-25-12-10-23(11-13-25)30-19-24-8-6-16-35(24)29-33-32-28(38-29)34-17-14-22(15-18-34)27(36)31-26-9-5-7-20(2)21(26)3/h6,8,10-13,16,20-22,26,30H,4-5,7,9,14-15,17-19H2,1-3H3,(H,31,36)/t20-,21+,26-/m1/s1. The minimum atomic E-state index is 0.0906. The van der Waals surface area contributed by atoms with Gasteiger partial charge < -0.3 is 20.3 Å². The Morgan fingerprint density at radius 1 is 1.05 bits per heavy atom. The Kier molecular flexibility index (Phi) is 8.51. The average Bonchev–Trinajstić information content (AvgIpc) is 3.61. The fourth-order valence-electron chi connectivity index (χ4n) is 5.63. The Labute approximate surface area is 229 Å². The van der Waals surface area contributed by atoms with Crippen molar-refractivity contribution in [3.8, 4) is 10.9 Å². The molecule has 1 aliphatic heterocycles. The molecular formula is C29H40N6O2S. The third-order valence-electron chi connectivity index (χ3n) is 8.25. The van der Waals surface area contributed by atoms with Gasteiger partial charge in [-0.3, -0.25) is 9.36 Å². The number of benzene rings is 1. The molecule has 38 heavy (non-hydrogen) atoms. The molecule has 3 heterocycles. The maximum Gasteiger partial charge on any atom is 0.223 e. The molecule has 5 rings (SSSR count). The highest BCUT2D eigenvalue weighted by Crippen LogP contribution is 2.31. The second kappa shape index (κ2) is 12.2. The van der Waals surface area contributed by atoms with Crippen molar-refractivity contribution in [1.29, 1.82) is 0 Å². The SMILES string of the molecule is CCOc1ccc(NCc2cccn2-c2nnc(N3CCC(C(=O)N[C@@H]4CCC[C@@H](C)[C@@H]4C)CC3)s2)cc1. The summed E-state index contributed by atoms with van der Waals surface area (Å²) >= 11 is 1.60. The first-order valence-corrected chi connectivity index (χ1v) is 14.9. The van der Waals surface area contributed by atoms with Gasteiger partial charge in [0.1, 0.15) is 5.75 Å². The van der Waals surface area contributed by atoms with Crippen LogP contribution < -0.4 is 20.3 Å². The van der Waals surface area contributed by atoms with E-state index in [0.29, 0.717) is 31.0 Å². The molecule has 0 unspecified atom stereocenters. The molecule has 1 aliphatic carbocycles. The van der Waals surface area contributed by atoms with Crippen LogP contribution in [0.25, 0.3) is 5.13 Å². The summed E-state index contributed by atoms with van der Waals surface area (Å²) in [6.45, 7) is 9.59. The van der Waals surface area contributed by atoms with E-state index in [2.05, 4.69) is 50.2 Å². The van der Waals surface area contributed by atoms with Gasteiger partial charge in [0.15, 0.2) is 0 Å². The molecule has 1 amide bonds. The van der Waals surface area contributed by atoms with Gasteiger partial charge in [-0.15, -0.1) is 10.2 Å². The minimum absolute atomic E-state index is 0.0906. The predicted molar refractivity (Wildman–Crippen MR) is 153 cm³/mol. The van der Waals surface area contributed by atoms with Crippen molar-refractivity contribution in [2.75, 3.05) is 29.9 Å². The maximum atomic E-state index is 13.0. The number of anilines is 2. The van der Waals surface area contributed by atoms with E-state index >= 15 is 0 Å². The van der Waals surface area contributed by atoms with Crippen molar-refractivity contribution in [2.45, 2.75) is 65.5 Å². The van der Waals surface area contributed by atoms with Gasteiger partial charge in [-0.2, -0.15) is 0 Å². The van der Waals surface area contributed by atoms with E-state index in [9.17, 15) is 4.79 Å². The summed E-state index contributed by atoms with van der Waals surface area (Å²) in [7, 11) is 0. The second-order valence-corrected chi connectivity index (χ2v) is 11.6. The lowest BCUT2D eigenvalue weighted by Crippen LogP contribution is -2.48. The number of aromatic nitrogens is 3. The zero-order valence-electron chi connectivity index (χ0n) is 22.7. The van der Waals surface area contributed by atoms with Crippen LogP contribution in [0, 0.1) is 17.8 Å². The number of carbonyl (C=O) groups is 1. The number of rotatable bonds is 9. The van der Waals surface area contributed by atoms with Gasteiger partial charge in [0.05, 0.1) is 13.2 Å². The van der Waals surface area contributed by atoms with Crippen LogP contribution in [0.2, 0.25) is 0 Å². The highest BCUT2D eigenvalue weighted by molar-refractivity contribution is 7.17. The number of amides is 1. The number of nitrogens with one attached hydrogen (secondary N) is 2. The van der Waals surface area contributed by atoms with Gasteiger partial charge in [-0.05, 0) is 74.4 Å². The van der Waals surface area contributed by atoms with E-state index in [0.717, 1.165) is 59.7 Å². The predicted octanol–water partition coefficient (Wildman–Crippen LogP) is 5.50. The first kappa shape index (κ1) is 26.5. The first-order valence-electron chi connectivity index (χ1n) is 14.0. The Balaban J connectivity index is 1.14. The third kappa shape index (κ3) is 6.14. The van der Waals surface area contributed by atoms with Gasteiger partial charge in [-0.25, -0.2) is 0 Å².